The first-order chi connectivity index (χ1) is 15.3. The SMILES string of the molecule is O=C1[C@@H](N2CCc3c2ccc(Cl)c3Cl)CCN1c1ccc(S(=O)(=O)Nc2nccs2)cc1. The van der Waals surface area contributed by atoms with E-state index >= 15 is 0 Å². The second-order valence-electron chi connectivity index (χ2n) is 7.53. The Hall–Kier alpha value is -2.33. The Balaban J connectivity index is 1.33. The van der Waals surface area contributed by atoms with Gasteiger partial charge in [-0.25, -0.2) is 13.4 Å². The van der Waals surface area contributed by atoms with Gasteiger partial charge < -0.3 is 9.80 Å². The van der Waals surface area contributed by atoms with E-state index < -0.39 is 10.0 Å². The van der Waals surface area contributed by atoms with Gasteiger partial charge in [0.2, 0.25) is 5.91 Å². The molecule has 7 nitrogen and oxygen atoms in total. The number of fused-ring (bicyclic) bond motifs is 1. The Labute approximate surface area is 199 Å². The molecule has 2 aliphatic rings. The quantitative estimate of drug-likeness (QED) is 0.551. The molecule has 0 spiro atoms. The zero-order chi connectivity index (χ0) is 22.5. The molecule has 1 amide bonds. The first kappa shape index (κ1) is 21.5. The number of carbonyl (C=O) groups is 1. The molecule has 1 saturated heterocycles. The molecule has 11 heteroatoms. The summed E-state index contributed by atoms with van der Waals surface area (Å²) in [6, 6.07) is 9.70. The van der Waals surface area contributed by atoms with Crippen LogP contribution in [-0.4, -0.2) is 38.4 Å². The molecule has 3 heterocycles. The number of nitrogens with one attached hydrogen (secondary N) is 1. The summed E-state index contributed by atoms with van der Waals surface area (Å²) in [7, 11) is -3.74. The lowest BCUT2D eigenvalue weighted by molar-refractivity contribution is -0.118. The molecular formula is C21H18Cl2N4O3S2. The molecule has 32 heavy (non-hydrogen) atoms. The highest BCUT2D eigenvalue weighted by atomic mass is 35.5. The standard InChI is InChI=1S/C21H18Cl2N4O3S2/c22-16-5-6-17-15(19(16)23)7-10-27(17)18-8-11-26(20(18)28)13-1-3-14(4-2-13)32(29,30)25-21-24-9-12-31-21/h1-6,9,12,18H,7-8,10-11H2,(H,24,25)/t18-/m0/s1. The topological polar surface area (TPSA) is 82.6 Å². The van der Waals surface area contributed by atoms with Crippen molar-refractivity contribution in [2.45, 2.75) is 23.8 Å². The third-order valence-corrected chi connectivity index (χ3v) is 8.77. The number of halogens is 2. The normalized spacial score (nSPS) is 18.3. The van der Waals surface area contributed by atoms with Crippen molar-refractivity contribution in [2.24, 2.45) is 0 Å². The van der Waals surface area contributed by atoms with Crippen molar-refractivity contribution in [3.05, 3.63) is 63.6 Å². The van der Waals surface area contributed by atoms with Crippen LogP contribution in [0.15, 0.2) is 52.9 Å². The predicted molar refractivity (Wildman–Crippen MR) is 128 cm³/mol. The van der Waals surface area contributed by atoms with Crippen LogP contribution in [0.4, 0.5) is 16.5 Å². The van der Waals surface area contributed by atoms with Gasteiger partial charge >= 0.3 is 0 Å². The largest absolute Gasteiger partial charge is 0.359 e. The number of hydrogen-bond donors (Lipinski definition) is 1. The molecule has 1 fully saturated rings. The van der Waals surface area contributed by atoms with Gasteiger partial charge in [0.05, 0.1) is 14.9 Å². The first-order valence-corrected chi connectivity index (χ1v) is 13.0. The number of thiazole rings is 1. The van der Waals surface area contributed by atoms with Crippen LogP contribution in [-0.2, 0) is 21.2 Å². The Morgan fingerprint density at radius 2 is 1.88 bits per heavy atom. The van der Waals surface area contributed by atoms with Crippen molar-refractivity contribution >= 4 is 67.0 Å². The molecule has 0 aliphatic carbocycles. The maximum atomic E-state index is 13.2. The Morgan fingerprint density at radius 3 is 2.59 bits per heavy atom. The first-order valence-electron chi connectivity index (χ1n) is 9.92. The van der Waals surface area contributed by atoms with Crippen molar-refractivity contribution in [1.82, 2.24) is 4.98 Å². The average Bonchev–Trinajstić information content (AvgIpc) is 3.51. The smallest absolute Gasteiger partial charge is 0.263 e. The second-order valence-corrected chi connectivity index (χ2v) is 10.9. The summed E-state index contributed by atoms with van der Waals surface area (Å²) in [5.41, 5.74) is 2.60. The number of sulfonamides is 1. The van der Waals surface area contributed by atoms with Gasteiger partial charge in [0.15, 0.2) is 5.13 Å². The van der Waals surface area contributed by atoms with Gasteiger partial charge in [-0.1, -0.05) is 23.2 Å². The molecule has 0 radical (unpaired) electrons. The van der Waals surface area contributed by atoms with Gasteiger partial charge in [0.1, 0.15) is 6.04 Å². The van der Waals surface area contributed by atoms with Gasteiger partial charge in [0, 0.05) is 36.0 Å². The molecule has 0 unspecified atom stereocenters. The van der Waals surface area contributed by atoms with Crippen molar-refractivity contribution in [3.8, 4) is 0 Å². The lowest BCUT2D eigenvalue weighted by Gasteiger charge is -2.26. The maximum absolute atomic E-state index is 13.2. The van der Waals surface area contributed by atoms with E-state index in [9.17, 15) is 13.2 Å². The van der Waals surface area contributed by atoms with Crippen LogP contribution < -0.4 is 14.5 Å². The van der Waals surface area contributed by atoms with Crippen LogP contribution in [0.1, 0.15) is 12.0 Å². The third-order valence-electron chi connectivity index (χ3n) is 5.75. The van der Waals surface area contributed by atoms with Gasteiger partial charge in [-0.3, -0.25) is 9.52 Å². The summed E-state index contributed by atoms with van der Waals surface area (Å²) >= 11 is 13.7. The van der Waals surface area contributed by atoms with E-state index in [-0.39, 0.29) is 16.8 Å². The number of nitrogens with zero attached hydrogens (tertiary/aromatic N) is 3. The Morgan fingerprint density at radius 1 is 1.09 bits per heavy atom. The van der Waals surface area contributed by atoms with E-state index in [1.807, 2.05) is 6.07 Å². The minimum absolute atomic E-state index is 0.0135. The number of anilines is 3. The van der Waals surface area contributed by atoms with Gasteiger partial charge in [-0.2, -0.15) is 0 Å². The summed E-state index contributed by atoms with van der Waals surface area (Å²) in [6.45, 7) is 1.26. The number of hydrogen-bond acceptors (Lipinski definition) is 6. The Bertz CT molecular complexity index is 1280. The summed E-state index contributed by atoms with van der Waals surface area (Å²) in [5.74, 6) is -0.0135. The predicted octanol–water partition coefficient (Wildman–Crippen LogP) is 4.42. The molecule has 5 rings (SSSR count). The number of rotatable bonds is 5. The maximum Gasteiger partial charge on any atom is 0.263 e. The fraction of sp³-hybridized carbons (Fsp3) is 0.238. The minimum atomic E-state index is -3.74. The lowest BCUT2D eigenvalue weighted by atomic mass is 10.1. The molecule has 1 atom stereocenters. The summed E-state index contributed by atoms with van der Waals surface area (Å²) in [5, 5.41) is 3.07. The zero-order valence-corrected chi connectivity index (χ0v) is 19.8. The van der Waals surface area contributed by atoms with Gasteiger partial charge in [-0.05, 0) is 54.8 Å². The highest BCUT2D eigenvalue weighted by molar-refractivity contribution is 7.93. The van der Waals surface area contributed by atoms with Crippen molar-refractivity contribution in [1.29, 1.82) is 0 Å². The highest BCUT2D eigenvalue weighted by Crippen LogP contribution is 2.40. The molecule has 0 bridgehead atoms. The number of aromatic nitrogens is 1. The number of benzene rings is 2. The van der Waals surface area contributed by atoms with E-state index in [1.54, 1.807) is 28.5 Å². The van der Waals surface area contributed by atoms with E-state index in [0.29, 0.717) is 40.4 Å². The highest BCUT2D eigenvalue weighted by Gasteiger charge is 2.39. The molecule has 2 aromatic carbocycles. The van der Waals surface area contributed by atoms with Crippen molar-refractivity contribution < 1.29 is 13.2 Å². The molecule has 166 valence electrons. The zero-order valence-electron chi connectivity index (χ0n) is 16.7. The van der Waals surface area contributed by atoms with Crippen LogP contribution in [0, 0.1) is 0 Å². The van der Waals surface area contributed by atoms with Crippen molar-refractivity contribution in [2.75, 3.05) is 27.6 Å². The van der Waals surface area contributed by atoms with E-state index in [4.69, 9.17) is 23.2 Å². The molecule has 1 aromatic heterocycles. The minimum Gasteiger partial charge on any atom is -0.359 e. The van der Waals surface area contributed by atoms with E-state index in [2.05, 4.69) is 14.6 Å². The molecule has 3 aromatic rings. The second kappa shape index (κ2) is 8.22. The molecular weight excluding hydrogens is 491 g/mol. The summed E-state index contributed by atoms with van der Waals surface area (Å²) in [4.78, 5) is 21.1. The number of carbonyl (C=O) groups excluding carboxylic acids is 1. The summed E-state index contributed by atoms with van der Waals surface area (Å²) < 4.78 is 27.5. The fourth-order valence-electron chi connectivity index (χ4n) is 4.23. The summed E-state index contributed by atoms with van der Waals surface area (Å²) in [6.07, 6.45) is 2.95. The van der Waals surface area contributed by atoms with Crippen LogP contribution in [0.2, 0.25) is 10.0 Å². The Kier molecular flexibility index (Phi) is 5.53. The third kappa shape index (κ3) is 3.73. The monoisotopic (exact) mass is 508 g/mol. The van der Waals surface area contributed by atoms with Crippen molar-refractivity contribution in [3.63, 3.8) is 0 Å². The van der Waals surface area contributed by atoms with Crippen LogP contribution in [0.25, 0.3) is 0 Å². The molecule has 1 N–H and O–H groups in total. The number of amides is 1. The van der Waals surface area contributed by atoms with Gasteiger partial charge in [-0.15, -0.1) is 11.3 Å². The van der Waals surface area contributed by atoms with Crippen LogP contribution in [0.3, 0.4) is 0 Å². The molecule has 0 saturated carbocycles. The van der Waals surface area contributed by atoms with Crippen LogP contribution in [0.5, 0.6) is 0 Å². The van der Waals surface area contributed by atoms with Gasteiger partial charge in [0.25, 0.3) is 10.0 Å². The molecule has 2 aliphatic heterocycles. The average molecular weight is 509 g/mol. The van der Waals surface area contributed by atoms with E-state index in [0.717, 1.165) is 17.7 Å². The lowest BCUT2D eigenvalue weighted by Crippen LogP contribution is -2.41. The van der Waals surface area contributed by atoms with Crippen LogP contribution >= 0.6 is 34.5 Å². The fourth-order valence-corrected chi connectivity index (χ4v) is 6.45. The van der Waals surface area contributed by atoms with E-state index in [1.165, 1.54) is 29.7 Å².